The highest BCUT2D eigenvalue weighted by Crippen LogP contribution is 2.39. The number of hydrogen-bond acceptors (Lipinski definition) is 3. The van der Waals surface area contributed by atoms with E-state index in [1.54, 1.807) is 12.1 Å². The van der Waals surface area contributed by atoms with E-state index < -0.39 is 0 Å². The maximum absolute atomic E-state index is 8.63. The highest BCUT2D eigenvalue weighted by atomic mass is 79.9. The van der Waals surface area contributed by atoms with Crippen molar-refractivity contribution in [1.29, 1.82) is 5.26 Å². The first-order valence-corrected chi connectivity index (χ1v) is 4.10. The molecule has 0 unspecified atom stereocenters. The second-order valence-electron chi connectivity index (χ2n) is 2.30. The molecule has 1 aromatic carbocycles. The second-order valence-corrected chi connectivity index (χ2v) is 3.16. The molecule has 4 heteroatoms. The van der Waals surface area contributed by atoms with Crippen LogP contribution in [-0.2, 0) is 0 Å². The van der Waals surface area contributed by atoms with Gasteiger partial charge >= 0.3 is 0 Å². The van der Waals surface area contributed by atoms with Gasteiger partial charge in [-0.15, -0.1) is 0 Å². The van der Waals surface area contributed by atoms with Gasteiger partial charge < -0.3 is 9.47 Å². The minimum atomic E-state index is 0.225. The average Bonchev–Trinajstić information content (AvgIpc) is 2.52. The van der Waals surface area contributed by atoms with Crippen LogP contribution in [0.1, 0.15) is 5.56 Å². The van der Waals surface area contributed by atoms with Crippen LogP contribution in [0.25, 0.3) is 0 Å². The third kappa shape index (κ3) is 1.03. The summed E-state index contributed by atoms with van der Waals surface area (Å²) in [5.74, 6) is 1.30. The van der Waals surface area contributed by atoms with Crippen molar-refractivity contribution in [2.24, 2.45) is 0 Å². The summed E-state index contributed by atoms with van der Waals surface area (Å²) in [6.07, 6.45) is 0. The van der Waals surface area contributed by atoms with Crippen molar-refractivity contribution in [1.82, 2.24) is 0 Å². The summed E-state index contributed by atoms with van der Waals surface area (Å²) in [4.78, 5) is 0. The van der Waals surface area contributed by atoms with Crippen LogP contribution in [0, 0.1) is 11.3 Å². The number of halogens is 1. The second kappa shape index (κ2) is 2.68. The van der Waals surface area contributed by atoms with Gasteiger partial charge in [-0.3, -0.25) is 0 Å². The molecule has 12 heavy (non-hydrogen) atoms. The van der Waals surface area contributed by atoms with Crippen LogP contribution in [0.3, 0.4) is 0 Å². The number of ether oxygens (including phenoxy) is 2. The summed E-state index contributed by atoms with van der Waals surface area (Å²) in [5.41, 5.74) is 0.561. The first-order valence-electron chi connectivity index (χ1n) is 3.30. The van der Waals surface area contributed by atoms with Gasteiger partial charge in [0.15, 0.2) is 11.5 Å². The van der Waals surface area contributed by atoms with Gasteiger partial charge in [0.25, 0.3) is 0 Å². The van der Waals surface area contributed by atoms with Gasteiger partial charge in [0, 0.05) is 6.07 Å². The zero-order valence-corrected chi connectivity index (χ0v) is 7.59. The van der Waals surface area contributed by atoms with Crippen LogP contribution < -0.4 is 9.47 Å². The summed E-state index contributed by atoms with van der Waals surface area (Å²) < 4.78 is 11.0. The van der Waals surface area contributed by atoms with E-state index in [-0.39, 0.29) is 6.79 Å². The molecule has 1 aromatic rings. The van der Waals surface area contributed by atoms with E-state index in [1.807, 2.05) is 6.07 Å². The Morgan fingerprint density at radius 3 is 3.00 bits per heavy atom. The Morgan fingerprint density at radius 1 is 1.42 bits per heavy atom. The molecule has 1 aliphatic rings. The molecule has 0 aromatic heterocycles. The van der Waals surface area contributed by atoms with E-state index in [0.29, 0.717) is 17.1 Å². The van der Waals surface area contributed by atoms with Gasteiger partial charge in [0.1, 0.15) is 0 Å². The fourth-order valence-corrected chi connectivity index (χ4v) is 1.59. The lowest BCUT2D eigenvalue weighted by Gasteiger charge is -1.98. The van der Waals surface area contributed by atoms with Crippen LogP contribution in [0.4, 0.5) is 0 Å². The van der Waals surface area contributed by atoms with Crippen molar-refractivity contribution in [3.05, 3.63) is 22.2 Å². The van der Waals surface area contributed by atoms with Crippen molar-refractivity contribution in [3.8, 4) is 17.6 Å². The molecule has 0 saturated carbocycles. The SMILES string of the molecule is N#Cc1cc(Br)c2c(c1)OCO2. The maximum atomic E-state index is 8.63. The molecule has 0 fully saturated rings. The molecule has 0 saturated heterocycles. The average molecular weight is 226 g/mol. The molecule has 0 atom stereocenters. The first-order chi connectivity index (χ1) is 5.81. The molecule has 0 N–H and O–H groups in total. The molecule has 60 valence electrons. The van der Waals surface area contributed by atoms with Gasteiger partial charge in [-0.25, -0.2) is 0 Å². The molecule has 0 aliphatic carbocycles. The van der Waals surface area contributed by atoms with Gasteiger partial charge in [0.2, 0.25) is 6.79 Å². The number of nitriles is 1. The smallest absolute Gasteiger partial charge is 0.231 e. The van der Waals surface area contributed by atoms with Crippen LogP contribution in [-0.4, -0.2) is 6.79 Å². The fourth-order valence-electron chi connectivity index (χ4n) is 1.03. The number of benzene rings is 1. The number of nitrogens with zero attached hydrogens (tertiary/aromatic N) is 1. The molecular weight excluding hydrogens is 222 g/mol. The molecule has 2 rings (SSSR count). The van der Waals surface area contributed by atoms with Gasteiger partial charge in [-0.05, 0) is 22.0 Å². The standard InChI is InChI=1S/C8H4BrNO2/c9-6-1-5(3-10)2-7-8(6)12-4-11-7/h1-2H,4H2. The zero-order valence-electron chi connectivity index (χ0n) is 6.00. The molecule has 0 amide bonds. The zero-order chi connectivity index (χ0) is 8.55. The lowest BCUT2D eigenvalue weighted by Crippen LogP contribution is -1.93. The summed E-state index contributed by atoms with van der Waals surface area (Å²) in [5, 5.41) is 8.63. The largest absolute Gasteiger partial charge is 0.454 e. The van der Waals surface area contributed by atoms with Crippen molar-refractivity contribution >= 4 is 15.9 Å². The minimum absolute atomic E-state index is 0.225. The monoisotopic (exact) mass is 225 g/mol. The Labute approximate surface area is 77.6 Å². The third-order valence-corrected chi connectivity index (χ3v) is 2.15. The number of fused-ring (bicyclic) bond motifs is 1. The van der Waals surface area contributed by atoms with Gasteiger partial charge in [0.05, 0.1) is 16.1 Å². The minimum Gasteiger partial charge on any atom is -0.454 e. The molecule has 1 heterocycles. The topological polar surface area (TPSA) is 42.2 Å². The Balaban J connectivity index is 2.60. The predicted octanol–water partition coefficient (Wildman–Crippen LogP) is 2.05. The maximum Gasteiger partial charge on any atom is 0.231 e. The van der Waals surface area contributed by atoms with E-state index in [2.05, 4.69) is 15.9 Å². The lowest BCUT2D eigenvalue weighted by atomic mass is 10.2. The highest BCUT2D eigenvalue weighted by Gasteiger charge is 2.17. The van der Waals surface area contributed by atoms with Crippen LogP contribution in [0.2, 0.25) is 0 Å². The molecule has 0 spiro atoms. The van der Waals surface area contributed by atoms with Gasteiger partial charge in [-0.1, -0.05) is 0 Å². The molecule has 0 bridgehead atoms. The first kappa shape index (κ1) is 7.44. The predicted molar refractivity (Wildman–Crippen MR) is 45.0 cm³/mol. The Hall–Kier alpha value is -1.21. The van der Waals surface area contributed by atoms with Crippen LogP contribution >= 0.6 is 15.9 Å². The third-order valence-electron chi connectivity index (χ3n) is 1.56. The van der Waals surface area contributed by atoms with Crippen molar-refractivity contribution < 1.29 is 9.47 Å². The number of hydrogen-bond donors (Lipinski definition) is 0. The van der Waals surface area contributed by atoms with Crippen molar-refractivity contribution in [2.75, 3.05) is 6.79 Å². The lowest BCUT2D eigenvalue weighted by molar-refractivity contribution is 0.173. The van der Waals surface area contributed by atoms with Crippen molar-refractivity contribution in [2.45, 2.75) is 0 Å². The normalized spacial score (nSPS) is 12.7. The fraction of sp³-hybridized carbons (Fsp3) is 0.125. The summed E-state index contributed by atoms with van der Waals surface area (Å²) in [6.45, 7) is 0.225. The molecule has 1 aliphatic heterocycles. The molecule has 3 nitrogen and oxygen atoms in total. The molecular formula is C8H4BrNO2. The Kier molecular flexibility index (Phi) is 1.66. The van der Waals surface area contributed by atoms with Gasteiger partial charge in [-0.2, -0.15) is 5.26 Å². The van der Waals surface area contributed by atoms with E-state index >= 15 is 0 Å². The van der Waals surface area contributed by atoms with E-state index in [9.17, 15) is 0 Å². The summed E-state index contributed by atoms with van der Waals surface area (Å²) in [6, 6.07) is 5.39. The molecule has 0 radical (unpaired) electrons. The summed E-state index contributed by atoms with van der Waals surface area (Å²) >= 11 is 3.28. The van der Waals surface area contributed by atoms with Crippen LogP contribution in [0.5, 0.6) is 11.5 Å². The van der Waals surface area contributed by atoms with Crippen molar-refractivity contribution in [3.63, 3.8) is 0 Å². The Morgan fingerprint density at radius 2 is 2.25 bits per heavy atom. The highest BCUT2D eigenvalue weighted by molar-refractivity contribution is 9.10. The van der Waals surface area contributed by atoms with Crippen LogP contribution in [0.15, 0.2) is 16.6 Å². The quantitative estimate of drug-likeness (QED) is 0.679. The van der Waals surface area contributed by atoms with E-state index in [0.717, 1.165) is 4.47 Å². The Bertz CT molecular complexity index is 370. The van der Waals surface area contributed by atoms with E-state index in [4.69, 9.17) is 14.7 Å². The van der Waals surface area contributed by atoms with E-state index in [1.165, 1.54) is 0 Å². The number of rotatable bonds is 0. The summed E-state index contributed by atoms with van der Waals surface area (Å²) in [7, 11) is 0.